The average molecular weight is 995 g/mol. The van der Waals surface area contributed by atoms with Gasteiger partial charge < -0.3 is 26.2 Å². The molecule has 6 rings (SSSR count). The standard InChI is InChI=1S/C35H31FN10O14S5/c36-33-39-34(41-35(40-33)46(12-14-61-15-13-47)22-4-2-1-3-5-22)38-21-8-11-25(63(52,53)54)24(18-21)43-45-31-27(65(58,59)60)17-19-16-26(64(55,56)57)30(29(37)28(19)32(31)48)44-42-20-6-9-23(10-7-20)62(49,50)51/h1-11,16-18,47-48H,12-15,37H2,(H,49,50,51)(H,52,53,54)(H,55,56,57)(H,58,59,60)(H,38,39,40,41)/b44-42+,45-43+. The van der Waals surface area contributed by atoms with E-state index in [-0.39, 0.29) is 30.5 Å². The summed E-state index contributed by atoms with van der Waals surface area (Å²) in [7, 11) is -20.5. The number of nitrogens with zero attached hydrogens (tertiary/aromatic N) is 8. The normalized spacial score (nSPS) is 12.6. The molecule has 6 aromatic rings. The Morgan fingerprint density at radius 1 is 0.692 bits per heavy atom. The Balaban J connectivity index is 1.45. The molecule has 0 radical (unpaired) electrons. The van der Waals surface area contributed by atoms with Gasteiger partial charge in [0.05, 0.1) is 28.3 Å². The number of aromatic nitrogens is 3. The molecular formula is C35H31FN10O14S5. The van der Waals surface area contributed by atoms with Crippen molar-refractivity contribution in [2.24, 2.45) is 20.5 Å². The number of phenols is 1. The summed E-state index contributed by atoms with van der Waals surface area (Å²) in [6.45, 7) is 0.190. The number of para-hydroxylation sites is 1. The Hall–Kier alpha value is -6.35. The van der Waals surface area contributed by atoms with Crippen LogP contribution >= 0.6 is 11.8 Å². The van der Waals surface area contributed by atoms with Gasteiger partial charge in [0.1, 0.15) is 31.7 Å². The maximum absolute atomic E-state index is 14.9. The van der Waals surface area contributed by atoms with Crippen LogP contribution in [0.5, 0.6) is 5.75 Å². The van der Waals surface area contributed by atoms with E-state index < -0.39 is 111 Å². The molecule has 0 aliphatic rings. The summed E-state index contributed by atoms with van der Waals surface area (Å²) >= 11 is 1.41. The number of nitrogen functional groups attached to an aromatic ring is 1. The lowest BCUT2D eigenvalue weighted by Crippen LogP contribution is -2.24. The van der Waals surface area contributed by atoms with Crippen molar-refractivity contribution in [2.75, 3.05) is 40.6 Å². The number of aromatic hydroxyl groups is 1. The number of rotatable bonds is 17. The second-order valence-corrected chi connectivity index (χ2v) is 19.8. The molecule has 0 spiro atoms. The number of hydrogen-bond donors (Lipinski definition) is 8. The number of hydrogen-bond acceptors (Lipinski definition) is 21. The molecule has 0 fully saturated rings. The fourth-order valence-electron chi connectivity index (χ4n) is 5.81. The Morgan fingerprint density at radius 2 is 1.31 bits per heavy atom. The van der Waals surface area contributed by atoms with Crippen LogP contribution in [0.2, 0.25) is 0 Å². The van der Waals surface area contributed by atoms with Gasteiger partial charge in [-0.1, -0.05) is 18.2 Å². The first kappa shape index (κ1) is 48.1. The van der Waals surface area contributed by atoms with Gasteiger partial charge >= 0.3 is 6.08 Å². The molecule has 0 bridgehead atoms. The summed E-state index contributed by atoms with van der Waals surface area (Å²) in [6, 6.07) is 16.5. The quantitative estimate of drug-likeness (QED) is 0.0229. The molecule has 24 nitrogen and oxygen atoms in total. The number of fused-ring (bicyclic) bond motifs is 1. The summed E-state index contributed by atoms with van der Waals surface area (Å²) in [4.78, 5) is 9.49. The van der Waals surface area contributed by atoms with E-state index in [2.05, 4.69) is 40.7 Å². The van der Waals surface area contributed by atoms with Crippen molar-refractivity contribution >= 4 is 115 Å². The minimum atomic E-state index is -5.44. The number of anilines is 5. The van der Waals surface area contributed by atoms with Crippen molar-refractivity contribution in [1.29, 1.82) is 0 Å². The first-order valence-corrected chi connectivity index (χ1v) is 24.7. The third kappa shape index (κ3) is 11.5. The van der Waals surface area contributed by atoms with Crippen LogP contribution in [0.25, 0.3) is 10.8 Å². The molecule has 342 valence electrons. The Labute approximate surface area is 371 Å². The van der Waals surface area contributed by atoms with Gasteiger partial charge in [-0.2, -0.15) is 69.9 Å². The zero-order valence-corrected chi connectivity index (χ0v) is 36.5. The van der Waals surface area contributed by atoms with Crippen LogP contribution in [0.1, 0.15) is 0 Å². The van der Waals surface area contributed by atoms with Crippen molar-refractivity contribution < 1.29 is 66.5 Å². The largest absolute Gasteiger partial charge is 0.505 e. The van der Waals surface area contributed by atoms with Crippen LogP contribution in [-0.4, -0.2) is 102 Å². The number of aliphatic hydroxyl groups is 1. The second kappa shape index (κ2) is 19.0. The minimum Gasteiger partial charge on any atom is -0.505 e. The molecule has 65 heavy (non-hydrogen) atoms. The number of azo groups is 2. The highest BCUT2D eigenvalue weighted by Gasteiger charge is 2.29. The Bertz CT molecular complexity index is 3330. The van der Waals surface area contributed by atoms with Crippen molar-refractivity contribution in [3.63, 3.8) is 0 Å². The highest BCUT2D eigenvalue weighted by molar-refractivity contribution is 7.99. The topological polar surface area (TPSA) is 387 Å². The molecule has 0 amide bonds. The summed E-state index contributed by atoms with van der Waals surface area (Å²) in [6.07, 6.45) is -1.23. The smallest absolute Gasteiger partial charge is 0.315 e. The number of phenolic OH excluding ortho intramolecular Hbond substituents is 1. The molecule has 1 heterocycles. The number of halogens is 1. The van der Waals surface area contributed by atoms with Gasteiger partial charge in [0, 0.05) is 29.4 Å². The minimum absolute atomic E-state index is 0.0676. The number of benzene rings is 5. The van der Waals surface area contributed by atoms with E-state index >= 15 is 0 Å². The Kier molecular flexibility index (Phi) is 14.1. The maximum Gasteiger partial charge on any atom is 0.315 e. The van der Waals surface area contributed by atoms with Crippen molar-refractivity contribution in [3.05, 3.63) is 91.0 Å². The summed E-state index contributed by atoms with van der Waals surface area (Å²) in [5.41, 5.74) is 2.97. The number of nitrogens with one attached hydrogen (secondary N) is 1. The van der Waals surface area contributed by atoms with E-state index in [9.17, 15) is 66.5 Å². The van der Waals surface area contributed by atoms with Gasteiger partial charge in [-0.25, -0.2) is 0 Å². The molecule has 0 atom stereocenters. The molecule has 5 aromatic carbocycles. The van der Waals surface area contributed by atoms with E-state index in [4.69, 9.17) is 5.73 Å². The van der Waals surface area contributed by atoms with E-state index in [1.807, 2.05) is 0 Å². The van der Waals surface area contributed by atoms with Crippen LogP contribution in [0, 0.1) is 6.08 Å². The first-order chi connectivity index (χ1) is 30.4. The molecule has 0 unspecified atom stereocenters. The van der Waals surface area contributed by atoms with Gasteiger partial charge in [-0.05, 0) is 72.1 Å². The van der Waals surface area contributed by atoms with Crippen LogP contribution in [0.3, 0.4) is 0 Å². The van der Waals surface area contributed by atoms with Crippen molar-refractivity contribution in [2.45, 2.75) is 19.6 Å². The van der Waals surface area contributed by atoms with Crippen LogP contribution in [0.4, 0.5) is 56.1 Å². The molecule has 0 aliphatic heterocycles. The first-order valence-electron chi connectivity index (χ1n) is 17.7. The lowest BCUT2D eigenvalue weighted by molar-refractivity contribution is 0.322. The molecule has 0 aliphatic carbocycles. The average Bonchev–Trinajstić information content (AvgIpc) is 3.21. The predicted molar refractivity (Wildman–Crippen MR) is 231 cm³/mol. The molecule has 0 saturated heterocycles. The van der Waals surface area contributed by atoms with Gasteiger partial charge in [0.15, 0.2) is 5.75 Å². The van der Waals surface area contributed by atoms with Gasteiger partial charge in [0.2, 0.25) is 11.9 Å². The van der Waals surface area contributed by atoms with Gasteiger partial charge in [-0.3, -0.25) is 18.2 Å². The van der Waals surface area contributed by atoms with Crippen molar-refractivity contribution in [3.8, 4) is 5.75 Å². The summed E-state index contributed by atoms with van der Waals surface area (Å²) in [5.74, 6) is -0.909. The van der Waals surface area contributed by atoms with Crippen molar-refractivity contribution in [1.82, 2.24) is 15.0 Å². The fraction of sp³-hybridized carbons (Fsp3) is 0.114. The van der Waals surface area contributed by atoms with E-state index in [1.54, 1.807) is 35.2 Å². The molecule has 1 aromatic heterocycles. The zero-order valence-electron chi connectivity index (χ0n) is 32.4. The highest BCUT2D eigenvalue weighted by atomic mass is 32.2. The van der Waals surface area contributed by atoms with Crippen LogP contribution < -0.4 is 16.0 Å². The molecular weight excluding hydrogens is 964 g/mol. The van der Waals surface area contributed by atoms with E-state index in [1.165, 1.54) is 11.8 Å². The monoisotopic (exact) mass is 994 g/mol. The third-order valence-corrected chi connectivity index (χ3v) is 13.1. The van der Waals surface area contributed by atoms with E-state index in [0.717, 1.165) is 42.5 Å². The Morgan fingerprint density at radius 3 is 1.91 bits per heavy atom. The predicted octanol–water partition coefficient (Wildman–Crippen LogP) is 5.88. The maximum atomic E-state index is 14.9. The fourth-order valence-corrected chi connectivity index (χ4v) is 8.87. The third-order valence-electron chi connectivity index (χ3n) is 8.62. The zero-order chi connectivity index (χ0) is 47.5. The SMILES string of the molecule is Nc1c(/N=N/c2ccc(S(=O)(=O)O)cc2)c(S(=O)(=O)O)cc2cc(S(=O)(=O)O)c(/N=N/c3cc(Nc4nc(F)nc(N(CCSCCO)c5ccccc5)n4)ccc3S(=O)(=O)O)c(O)c12. The number of thioether (sulfide) groups is 1. The lowest BCUT2D eigenvalue weighted by Gasteiger charge is -2.23. The van der Waals surface area contributed by atoms with E-state index in [0.29, 0.717) is 29.3 Å². The van der Waals surface area contributed by atoms with Gasteiger partial charge in [0.25, 0.3) is 40.5 Å². The molecule has 0 saturated carbocycles. The van der Waals surface area contributed by atoms with Crippen LogP contribution in [-0.2, 0) is 40.5 Å². The molecule has 9 N–H and O–H groups in total. The number of nitrogens with two attached hydrogens (primary N) is 1. The van der Waals surface area contributed by atoms with Crippen LogP contribution in [0.15, 0.2) is 125 Å². The molecule has 30 heteroatoms. The lowest BCUT2D eigenvalue weighted by atomic mass is 10.1. The second-order valence-electron chi connectivity index (χ2n) is 13.0. The highest BCUT2D eigenvalue weighted by Crippen LogP contribution is 2.48. The summed E-state index contributed by atoms with van der Waals surface area (Å²) < 4.78 is 152. The summed E-state index contributed by atoms with van der Waals surface area (Å²) in [5, 5.41) is 37.0. The number of aliphatic hydroxyl groups excluding tert-OH is 1. The van der Waals surface area contributed by atoms with Gasteiger partial charge in [-0.15, -0.1) is 15.3 Å².